The molecule has 5 heteroatoms. The monoisotopic (exact) mass is 252 g/mol. The molecule has 2 atom stereocenters. The van der Waals surface area contributed by atoms with Gasteiger partial charge in [0.05, 0.1) is 0 Å². The van der Waals surface area contributed by atoms with E-state index in [4.69, 9.17) is 5.84 Å². The van der Waals surface area contributed by atoms with Crippen LogP contribution in [0.2, 0.25) is 0 Å². The second-order valence-corrected chi connectivity index (χ2v) is 5.99. The fourth-order valence-electron chi connectivity index (χ4n) is 2.99. The molecule has 4 rings (SSSR count). The van der Waals surface area contributed by atoms with E-state index in [1.807, 2.05) is 11.3 Å². The van der Waals surface area contributed by atoms with Gasteiger partial charge in [-0.15, -0.1) is 11.3 Å². The lowest BCUT2D eigenvalue weighted by Gasteiger charge is -2.50. The molecule has 4 nitrogen and oxygen atoms in total. The topological polar surface area (TPSA) is 44.5 Å². The maximum absolute atomic E-state index is 5.76. The number of piperazine rings is 3. The zero-order valence-electron chi connectivity index (χ0n) is 10.0. The van der Waals surface area contributed by atoms with Crippen LogP contribution in [0.4, 0.5) is 0 Å². The number of nitrogens with two attached hydrogens (primary N) is 1. The standard InChI is InChI=1S/C12H20N4S/c13-14-11(8-10-2-1-7-17-10)12-9-15-3-5-16(12)6-4-15/h1-2,7,11-12,14H,3-6,8-9,13H2. The first-order valence-electron chi connectivity index (χ1n) is 6.32. The van der Waals surface area contributed by atoms with Crippen molar-refractivity contribution in [2.45, 2.75) is 18.5 Å². The number of hydrogen-bond acceptors (Lipinski definition) is 5. The zero-order chi connectivity index (χ0) is 11.7. The van der Waals surface area contributed by atoms with Gasteiger partial charge in [0.15, 0.2) is 0 Å². The Bertz CT molecular complexity index is 345. The third-order valence-corrected chi connectivity index (χ3v) is 4.90. The Labute approximate surface area is 106 Å². The Kier molecular flexibility index (Phi) is 3.44. The van der Waals surface area contributed by atoms with Crippen LogP contribution in [0.15, 0.2) is 17.5 Å². The van der Waals surface area contributed by atoms with Crippen LogP contribution < -0.4 is 11.3 Å². The smallest absolute Gasteiger partial charge is 0.0426 e. The van der Waals surface area contributed by atoms with E-state index in [0.717, 1.165) is 6.42 Å². The molecule has 2 unspecified atom stereocenters. The van der Waals surface area contributed by atoms with Crippen LogP contribution in [-0.4, -0.2) is 54.6 Å². The van der Waals surface area contributed by atoms with Crippen molar-refractivity contribution in [2.24, 2.45) is 5.84 Å². The summed E-state index contributed by atoms with van der Waals surface area (Å²) in [5.41, 5.74) is 3.03. The van der Waals surface area contributed by atoms with Crippen molar-refractivity contribution in [1.29, 1.82) is 0 Å². The molecule has 0 amide bonds. The number of hydrogen-bond donors (Lipinski definition) is 2. The van der Waals surface area contributed by atoms with E-state index in [-0.39, 0.29) is 0 Å². The molecule has 3 fully saturated rings. The average Bonchev–Trinajstić information content (AvgIpc) is 2.90. The molecule has 0 aromatic carbocycles. The predicted molar refractivity (Wildman–Crippen MR) is 70.9 cm³/mol. The summed E-state index contributed by atoms with van der Waals surface area (Å²) >= 11 is 1.82. The van der Waals surface area contributed by atoms with Crippen LogP contribution in [0.25, 0.3) is 0 Å². The molecular formula is C12H20N4S. The minimum absolute atomic E-state index is 0.372. The van der Waals surface area contributed by atoms with Gasteiger partial charge in [-0.3, -0.25) is 21.1 Å². The number of nitrogens with one attached hydrogen (secondary N) is 1. The Morgan fingerprint density at radius 2 is 2.24 bits per heavy atom. The van der Waals surface area contributed by atoms with Gasteiger partial charge in [-0.2, -0.15) is 0 Å². The van der Waals surface area contributed by atoms with Gasteiger partial charge in [0, 0.05) is 49.7 Å². The minimum atomic E-state index is 0.372. The quantitative estimate of drug-likeness (QED) is 0.590. The summed E-state index contributed by atoms with van der Waals surface area (Å²) in [5, 5.41) is 2.14. The molecule has 1 aromatic heterocycles. The van der Waals surface area contributed by atoms with E-state index in [9.17, 15) is 0 Å². The molecular weight excluding hydrogens is 232 g/mol. The van der Waals surface area contributed by atoms with Crippen LogP contribution >= 0.6 is 11.3 Å². The SMILES string of the molecule is NNC(Cc1cccs1)C1CN2CCN1CC2. The van der Waals surface area contributed by atoms with Gasteiger partial charge in [-0.25, -0.2) is 0 Å². The fraction of sp³-hybridized carbons (Fsp3) is 0.667. The molecule has 94 valence electrons. The van der Waals surface area contributed by atoms with Crippen molar-refractivity contribution in [3.63, 3.8) is 0 Å². The highest BCUT2D eigenvalue weighted by Gasteiger charge is 2.36. The molecule has 1 aromatic rings. The zero-order valence-corrected chi connectivity index (χ0v) is 10.8. The molecule has 3 saturated heterocycles. The summed E-state index contributed by atoms with van der Waals surface area (Å²) in [7, 11) is 0. The van der Waals surface area contributed by atoms with Crippen molar-refractivity contribution in [1.82, 2.24) is 15.2 Å². The lowest BCUT2D eigenvalue weighted by Crippen LogP contribution is -2.67. The third-order valence-electron chi connectivity index (χ3n) is 4.00. The second-order valence-electron chi connectivity index (χ2n) is 4.96. The van der Waals surface area contributed by atoms with E-state index in [2.05, 4.69) is 32.7 Å². The summed E-state index contributed by atoms with van der Waals surface area (Å²) in [6.07, 6.45) is 1.04. The summed E-state index contributed by atoms with van der Waals surface area (Å²) in [6, 6.07) is 5.26. The molecule has 0 spiro atoms. The van der Waals surface area contributed by atoms with Crippen LogP contribution in [0, 0.1) is 0 Å². The van der Waals surface area contributed by atoms with Crippen molar-refractivity contribution in [2.75, 3.05) is 32.7 Å². The van der Waals surface area contributed by atoms with Gasteiger partial charge in [-0.1, -0.05) is 6.07 Å². The van der Waals surface area contributed by atoms with E-state index in [0.29, 0.717) is 12.1 Å². The van der Waals surface area contributed by atoms with Gasteiger partial charge in [-0.05, 0) is 17.9 Å². The lowest BCUT2D eigenvalue weighted by molar-refractivity contribution is -0.00303. The molecule has 2 bridgehead atoms. The van der Waals surface area contributed by atoms with Crippen molar-refractivity contribution in [3.05, 3.63) is 22.4 Å². The van der Waals surface area contributed by atoms with Gasteiger partial charge in [0.25, 0.3) is 0 Å². The highest BCUT2D eigenvalue weighted by Crippen LogP contribution is 2.21. The van der Waals surface area contributed by atoms with Crippen LogP contribution in [0.3, 0.4) is 0 Å². The first kappa shape index (κ1) is 11.6. The normalized spacial score (nSPS) is 33.8. The van der Waals surface area contributed by atoms with Crippen LogP contribution in [-0.2, 0) is 6.42 Å². The van der Waals surface area contributed by atoms with Crippen LogP contribution in [0.1, 0.15) is 4.88 Å². The minimum Gasteiger partial charge on any atom is -0.299 e. The largest absolute Gasteiger partial charge is 0.299 e. The summed E-state index contributed by atoms with van der Waals surface area (Å²) in [6.45, 7) is 6.03. The number of rotatable bonds is 4. The maximum atomic E-state index is 5.76. The molecule has 17 heavy (non-hydrogen) atoms. The van der Waals surface area contributed by atoms with Crippen molar-refractivity contribution in [3.8, 4) is 0 Å². The van der Waals surface area contributed by atoms with Crippen molar-refractivity contribution >= 4 is 11.3 Å². The van der Waals surface area contributed by atoms with Crippen LogP contribution in [0.5, 0.6) is 0 Å². The van der Waals surface area contributed by atoms with E-state index < -0.39 is 0 Å². The number of hydrazine groups is 1. The third kappa shape index (κ3) is 2.39. The van der Waals surface area contributed by atoms with Gasteiger partial charge in [0.2, 0.25) is 0 Å². The maximum Gasteiger partial charge on any atom is 0.0426 e. The predicted octanol–water partition coefficient (Wildman–Crippen LogP) is 0.122. The lowest BCUT2D eigenvalue weighted by atomic mass is 9.97. The summed E-state index contributed by atoms with van der Waals surface area (Å²) in [4.78, 5) is 6.58. The van der Waals surface area contributed by atoms with E-state index in [1.165, 1.54) is 37.6 Å². The van der Waals surface area contributed by atoms with E-state index in [1.54, 1.807) is 0 Å². The second kappa shape index (κ2) is 5.04. The summed E-state index contributed by atoms with van der Waals surface area (Å²) in [5.74, 6) is 5.76. The Morgan fingerprint density at radius 3 is 2.76 bits per heavy atom. The highest BCUT2D eigenvalue weighted by atomic mass is 32.1. The first-order valence-corrected chi connectivity index (χ1v) is 7.19. The number of fused-ring (bicyclic) bond motifs is 3. The molecule has 3 aliphatic rings. The Balaban J connectivity index is 1.68. The molecule has 0 saturated carbocycles. The van der Waals surface area contributed by atoms with Crippen molar-refractivity contribution < 1.29 is 0 Å². The molecule has 0 aliphatic carbocycles. The molecule has 0 radical (unpaired) electrons. The van der Waals surface area contributed by atoms with E-state index >= 15 is 0 Å². The van der Waals surface area contributed by atoms with Gasteiger partial charge < -0.3 is 0 Å². The number of nitrogens with zero attached hydrogens (tertiary/aromatic N) is 2. The number of thiophene rings is 1. The fourth-order valence-corrected chi connectivity index (χ4v) is 3.76. The van der Waals surface area contributed by atoms with Gasteiger partial charge in [0.1, 0.15) is 0 Å². The molecule has 4 heterocycles. The molecule has 3 N–H and O–H groups in total. The summed E-state index contributed by atoms with van der Waals surface area (Å²) < 4.78 is 0. The highest BCUT2D eigenvalue weighted by molar-refractivity contribution is 7.09. The average molecular weight is 252 g/mol. The Hall–Kier alpha value is -0.460. The Morgan fingerprint density at radius 1 is 1.41 bits per heavy atom. The molecule has 3 aliphatic heterocycles. The van der Waals surface area contributed by atoms with Gasteiger partial charge >= 0.3 is 0 Å². The first-order chi connectivity index (χ1) is 8.36.